The van der Waals surface area contributed by atoms with E-state index in [1.165, 1.54) is 0 Å². The molecule has 0 saturated heterocycles. The van der Waals surface area contributed by atoms with Gasteiger partial charge in [-0.1, -0.05) is 30.3 Å². The molecule has 0 atom stereocenters. The minimum Gasteiger partial charge on any atom is -0.496 e. The standard InChI is InChI=1S/C17H18N2O/c1-13-7-6-9-14(11-18)17(13)19(2)12-15-8-4-5-10-16(15)20-3/h4-10H,12H2,1-3H3. The Balaban J connectivity index is 2.34. The average molecular weight is 266 g/mol. The van der Waals surface area contributed by atoms with Gasteiger partial charge in [0.05, 0.1) is 18.4 Å². The van der Waals surface area contributed by atoms with E-state index in [2.05, 4.69) is 11.0 Å². The number of hydrogen-bond acceptors (Lipinski definition) is 3. The summed E-state index contributed by atoms with van der Waals surface area (Å²) >= 11 is 0. The minimum atomic E-state index is 0.697. The van der Waals surface area contributed by atoms with Crippen LogP contribution in [-0.2, 0) is 6.54 Å². The van der Waals surface area contributed by atoms with E-state index in [0.717, 1.165) is 22.6 Å². The smallest absolute Gasteiger partial charge is 0.123 e. The first-order chi connectivity index (χ1) is 9.67. The summed E-state index contributed by atoms with van der Waals surface area (Å²) in [4.78, 5) is 2.09. The van der Waals surface area contributed by atoms with Gasteiger partial charge in [-0.2, -0.15) is 5.26 Å². The van der Waals surface area contributed by atoms with Gasteiger partial charge >= 0.3 is 0 Å². The number of para-hydroxylation sites is 2. The Bertz CT molecular complexity index is 644. The minimum absolute atomic E-state index is 0.697. The van der Waals surface area contributed by atoms with Crippen molar-refractivity contribution in [3.63, 3.8) is 0 Å². The van der Waals surface area contributed by atoms with Crippen molar-refractivity contribution < 1.29 is 4.74 Å². The Morgan fingerprint density at radius 3 is 2.60 bits per heavy atom. The van der Waals surface area contributed by atoms with Crippen LogP contribution < -0.4 is 9.64 Å². The van der Waals surface area contributed by atoms with Crippen LogP contribution in [0.4, 0.5) is 5.69 Å². The zero-order valence-electron chi connectivity index (χ0n) is 12.1. The predicted octanol–water partition coefficient (Wildman–Crippen LogP) is 3.51. The van der Waals surface area contributed by atoms with Crippen molar-refractivity contribution in [1.29, 1.82) is 5.26 Å². The second-order valence-electron chi connectivity index (χ2n) is 4.75. The SMILES string of the molecule is COc1ccccc1CN(C)c1c(C)cccc1C#N. The van der Waals surface area contributed by atoms with Crippen molar-refractivity contribution in [1.82, 2.24) is 0 Å². The van der Waals surface area contributed by atoms with Gasteiger partial charge in [-0.25, -0.2) is 0 Å². The molecule has 20 heavy (non-hydrogen) atoms. The molecule has 0 amide bonds. The van der Waals surface area contributed by atoms with E-state index >= 15 is 0 Å². The zero-order chi connectivity index (χ0) is 14.5. The van der Waals surface area contributed by atoms with E-state index in [1.807, 2.05) is 56.4 Å². The van der Waals surface area contributed by atoms with Gasteiger partial charge in [-0.05, 0) is 24.6 Å². The second-order valence-corrected chi connectivity index (χ2v) is 4.75. The quantitative estimate of drug-likeness (QED) is 0.849. The van der Waals surface area contributed by atoms with Crippen LogP contribution in [0.15, 0.2) is 42.5 Å². The molecule has 0 aliphatic rings. The highest BCUT2D eigenvalue weighted by molar-refractivity contribution is 5.64. The molecule has 102 valence electrons. The van der Waals surface area contributed by atoms with Gasteiger partial charge in [0.2, 0.25) is 0 Å². The van der Waals surface area contributed by atoms with Gasteiger partial charge in [-0.3, -0.25) is 0 Å². The molecular formula is C17H18N2O. The van der Waals surface area contributed by atoms with Crippen LogP contribution in [0.3, 0.4) is 0 Å². The Morgan fingerprint density at radius 2 is 1.90 bits per heavy atom. The third-order valence-electron chi connectivity index (χ3n) is 3.34. The van der Waals surface area contributed by atoms with Crippen LogP contribution >= 0.6 is 0 Å². The molecule has 2 aromatic carbocycles. The highest BCUT2D eigenvalue weighted by atomic mass is 16.5. The van der Waals surface area contributed by atoms with Crippen LogP contribution in [0, 0.1) is 18.3 Å². The van der Waals surface area contributed by atoms with Crippen molar-refractivity contribution >= 4 is 5.69 Å². The van der Waals surface area contributed by atoms with Crippen molar-refractivity contribution in [3.8, 4) is 11.8 Å². The largest absolute Gasteiger partial charge is 0.496 e. The van der Waals surface area contributed by atoms with Crippen LogP contribution in [-0.4, -0.2) is 14.2 Å². The fourth-order valence-corrected chi connectivity index (χ4v) is 2.42. The maximum absolute atomic E-state index is 9.26. The van der Waals surface area contributed by atoms with E-state index in [9.17, 15) is 5.26 Å². The second kappa shape index (κ2) is 6.12. The summed E-state index contributed by atoms with van der Waals surface area (Å²) in [6, 6.07) is 16.0. The molecule has 0 radical (unpaired) electrons. The summed E-state index contributed by atoms with van der Waals surface area (Å²) in [5, 5.41) is 9.26. The van der Waals surface area contributed by atoms with Crippen molar-refractivity contribution in [2.24, 2.45) is 0 Å². The normalized spacial score (nSPS) is 9.90. The topological polar surface area (TPSA) is 36.3 Å². The Kier molecular flexibility index (Phi) is 4.27. The molecule has 3 heteroatoms. The summed E-state index contributed by atoms with van der Waals surface area (Å²) in [7, 11) is 3.67. The summed E-state index contributed by atoms with van der Waals surface area (Å²) in [6.45, 7) is 2.72. The predicted molar refractivity (Wildman–Crippen MR) is 81.0 cm³/mol. The van der Waals surface area contributed by atoms with E-state index in [-0.39, 0.29) is 0 Å². The van der Waals surface area contributed by atoms with E-state index in [1.54, 1.807) is 7.11 Å². The molecule has 0 saturated carbocycles. The number of ether oxygens (including phenoxy) is 1. The molecule has 0 unspecified atom stereocenters. The van der Waals surface area contributed by atoms with E-state index in [4.69, 9.17) is 4.74 Å². The molecule has 0 spiro atoms. The van der Waals surface area contributed by atoms with E-state index < -0.39 is 0 Å². The van der Waals surface area contributed by atoms with Gasteiger partial charge in [0.15, 0.2) is 0 Å². The van der Waals surface area contributed by atoms with Crippen molar-refractivity contribution in [3.05, 3.63) is 59.2 Å². The Morgan fingerprint density at radius 1 is 1.15 bits per heavy atom. The van der Waals surface area contributed by atoms with Crippen molar-refractivity contribution in [2.75, 3.05) is 19.1 Å². The third kappa shape index (κ3) is 2.75. The number of hydrogen-bond donors (Lipinski definition) is 0. The first kappa shape index (κ1) is 14.0. The summed E-state index contributed by atoms with van der Waals surface area (Å²) in [5.74, 6) is 0.867. The molecule has 0 aliphatic heterocycles. The average Bonchev–Trinajstić information content (AvgIpc) is 2.47. The summed E-state index contributed by atoms with van der Waals surface area (Å²) < 4.78 is 5.38. The van der Waals surface area contributed by atoms with Gasteiger partial charge in [0, 0.05) is 19.2 Å². The lowest BCUT2D eigenvalue weighted by atomic mass is 10.1. The Hall–Kier alpha value is -2.47. The molecule has 0 aromatic heterocycles. The zero-order valence-corrected chi connectivity index (χ0v) is 12.1. The molecule has 0 N–H and O–H groups in total. The van der Waals surface area contributed by atoms with Gasteiger partial charge in [-0.15, -0.1) is 0 Å². The van der Waals surface area contributed by atoms with Crippen LogP contribution in [0.2, 0.25) is 0 Å². The Labute approximate surface area is 120 Å². The lowest BCUT2D eigenvalue weighted by Crippen LogP contribution is -2.19. The molecule has 0 aliphatic carbocycles. The summed E-state index contributed by atoms with van der Waals surface area (Å²) in [5.41, 5.74) is 3.87. The maximum Gasteiger partial charge on any atom is 0.123 e. The number of nitriles is 1. The van der Waals surface area contributed by atoms with Gasteiger partial charge in [0.25, 0.3) is 0 Å². The molecule has 0 fully saturated rings. The fraction of sp³-hybridized carbons (Fsp3) is 0.235. The third-order valence-corrected chi connectivity index (χ3v) is 3.34. The number of nitrogens with zero attached hydrogens (tertiary/aromatic N) is 2. The lowest BCUT2D eigenvalue weighted by molar-refractivity contribution is 0.409. The molecule has 0 heterocycles. The molecule has 2 aromatic rings. The highest BCUT2D eigenvalue weighted by Crippen LogP contribution is 2.27. The highest BCUT2D eigenvalue weighted by Gasteiger charge is 2.12. The number of anilines is 1. The molecule has 3 nitrogen and oxygen atoms in total. The monoisotopic (exact) mass is 266 g/mol. The first-order valence-electron chi connectivity index (χ1n) is 6.50. The number of methoxy groups -OCH3 is 1. The number of aryl methyl sites for hydroxylation is 1. The molecule has 2 rings (SSSR count). The number of rotatable bonds is 4. The number of benzene rings is 2. The van der Waals surface area contributed by atoms with E-state index in [0.29, 0.717) is 12.1 Å². The van der Waals surface area contributed by atoms with Crippen molar-refractivity contribution in [2.45, 2.75) is 13.5 Å². The van der Waals surface area contributed by atoms with Gasteiger partial charge in [0.1, 0.15) is 11.8 Å². The summed E-state index contributed by atoms with van der Waals surface area (Å²) in [6.07, 6.45) is 0. The maximum atomic E-state index is 9.26. The molecule has 0 bridgehead atoms. The lowest BCUT2D eigenvalue weighted by Gasteiger charge is -2.23. The van der Waals surface area contributed by atoms with Crippen LogP contribution in [0.25, 0.3) is 0 Å². The van der Waals surface area contributed by atoms with Gasteiger partial charge < -0.3 is 9.64 Å². The molecular weight excluding hydrogens is 248 g/mol. The van der Waals surface area contributed by atoms with Crippen LogP contribution in [0.5, 0.6) is 5.75 Å². The first-order valence-corrected chi connectivity index (χ1v) is 6.50. The fourth-order valence-electron chi connectivity index (χ4n) is 2.42. The van der Waals surface area contributed by atoms with Crippen LogP contribution in [0.1, 0.15) is 16.7 Å².